The van der Waals surface area contributed by atoms with Gasteiger partial charge in [0, 0.05) is 28.7 Å². The van der Waals surface area contributed by atoms with Gasteiger partial charge in [-0.15, -0.1) is 0 Å². The molecule has 34 heavy (non-hydrogen) atoms. The van der Waals surface area contributed by atoms with Crippen molar-refractivity contribution in [2.45, 2.75) is 39.7 Å². The first kappa shape index (κ1) is 23.8. The highest BCUT2D eigenvalue weighted by atomic mass is 35.5. The molecule has 0 saturated heterocycles. The van der Waals surface area contributed by atoms with Crippen molar-refractivity contribution in [1.82, 2.24) is 5.43 Å². The van der Waals surface area contributed by atoms with E-state index < -0.39 is 0 Å². The summed E-state index contributed by atoms with van der Waals surface area (Å²) in [4.78, 5) is 14.7. The molecular weight excluding hydrogens is 446 g/mol. The van der Waals surface area contributed by atoms with Crippen LogP contribution in [0, 0.1) is 0 Å². The van der Waals surface area contributed by atoms with Crippen LogP contribution in [0.2, 0.25) is 5.02 Å². The predicted octanol–water partition coefficient (Wildman–Crippen LogP) is 6.43. The van der Waals surface area contributed by atoms with Crippen LogP contribution >= 0.6 is 11.6 Å². The SMILES string of the molecule is CCCN1c2cc(Cl)c(/C=N/NC(=O)COc3cccc4ccccc34)cc2C(C)=CC1(C)C. The van der Waals surface area contributed by atoms with Crippen molar-refractivity contribution in [3.8, 4) is 5.75 Å². The number of amides is 1. The van der Waals surface area contributed by atoms with Crippen molar-refractivity contribution in [2.75, 3.05) is 18.1 Å². The fourth-order valence-corrected chi connectivity index (χ4v) is 4.72. The standard InChI is InChI=1S/C28H30ClN3O2/c1-5-13-32-25-15-24(29)21(14-23(25)19(2)16-28(32,3)4)17-30-31-27(33)18-34-26-12-8-10-20-9-6-7-11-22(20)26/h6-12,14-17H,5,13,18H2,1-4H3,(H,31,33)/b30-17+. The first-order valence-electron chi connectivity index (χ1n) is 11.5. The molecule has 0 fully saturated rings. The van der Waals surface area contributed by atoms with E-state index in [-0.39, 0.29) is 18.1 Å². The fourth-order valence-electron chi connectivity index (χ4n) is 4.52. The first-order chi connectivity index (χ1) is 16.3. The van der Waals surface area contributed by atoms with Gasteiger partial charge in [0.2, 0.25) is 0 Å². The Hall–Kier alpha value is -3.31. The van der Waals surface area contributed by atoms with E-state index in [2.05, 4.69) is 49.2 Å². The number of hydrogen-bond donors (Lipinski definition) is 1. The van der Waals surface area contributed by atoms with Gasteiger partial charge < -0.3 is 9.64 Å². The number of carbonyl (C=O) groups excluding carboxylic acids is 1. The van der Waals surface area contributed by atoms with Crippen molar-refractivity contribution in [3.63, 3.8) is 0 Å². The van der Waals surface area contributed by atoms with E-state index in [9.17, 15) is 4.79 Å². The summed E-state index contributed by atoms with van der Waals surface area (Å²) in [5, 5.41) is 6.73. The Balaban J connectivity index is 1.45. The molecule has 3 aromatic rings. The Labute approximate surface area is 206 Å². The van der Waals surface area contributed by atoms with Crippen molar-refractivity contribution in [3.05, 3.63) is 76.8 Å². The highest BCUT2D eigenvalue weighted by Crippen LogP contribution is 2.41. The van der Waals surface area contributed by atoms with Gasteiger partial charge in [-0.05, 0) is 56.4 Å². The largest absolute Gasteiger partial charge is 0.483 e. The molecule has 0 bridgehead atoms. The number of anilines is 1. The summed E-state index contributed by atoms with van der Waals surface area (Å²) >= 11 is 6.60. The van der Waals surface area contributed by atoms with Gasteiger partial charge in [-0.2, -0.15) is 5.10 Å². The summed E-state index contributed by atoms with van der Waals surface area (Å²) in [6, 6.07) is 17.7. The molecule has 1 aliphatic rings. The maximum Gasteiger partial charge on any atom is 0.277 e. The number of carbonyl (C=O) groups is 1. The summed E-state index contributed by atoms with van der Waals surface area (Å²) in [6.45, 7) is 9.54. The predicted molar refractivity (Wildman–Crippen MR) is 142 cm³/mol. The zero-order chi connectivity index (χ0) is 24.3. The Morgan fingerprint density at radius 2 is 1.94 bits per heavy atom. The van der Waals surface area contributed by atoms with Crippen LogP contribution < -0.4 is 15.1 Å². The summed E-state index contributed by atoms with van der Waals surface area (Å²) < 4.78 is 5.73. The minimum Gasteiger partial charge on any atom is -0.483 e. The molecule has 0 aliphatic carbocycles. The minimum absolute atomic E-state index is 0.0793. The molecule has 0 spiro atoms. The fraction of sp³-hybridized carbons (Fsp3) is 0.286. The van der Waals surface area contributed by atoms with Gasteiger partial charge in [-0.25, -0.2) is 5.43 Å². The van der Waals surface area contributed by atoms with Crippen molar-refractivity contribution in [2.24, 2.45) is 5.10 Å². The zero-order valence-electron chi connectivity index (χ0n) is 20.1. The average Bonchev–Trinajstić information content (AvgIpc) is 2.80. The third kappa shape index (κ3) is 4.95. The van der Waals surface area contributed by atoms with E-state index in [1.165, 1.54) is 5.57 Å². The third-order valence-corrected chi connectivity index (χ3v) is 6.37. The number of fused-ring (bicyclic) bond motifs is 2. The zero-order valence-corrected chi connectivity index (χ0v) is 20.8. The lowest BCUT2D eigenvalue weighted by Crippen LogP contribution is -2.45. The van der Waals surface area contributed by atoms with Crippen LogP contribution in [-0.4, -0.2) is 30.8 Å². The number of hydrogen-bond acceptors (Lipinski definition) is 4. The number of benzene rings is 3. The van der Waals surface area contributed by atoms with Crippen LogP contribution in [0.15, 0.2) is 65.8 Å². The van der Waals surface area contributed by atoms with E-state index in [0.717, 1.165) is 40.6 Å². The third-order valence-electron chi connectivity index (χ3n) is 6.04. The Bertz CT molecular complexity index is 1270. The normalized spacial score (nSPS) is 14.7. The molecule has 0 saturated carbocycles. The Kier molecular flexibility index (Phi) is 6.94. The van der Waals surface area contributed by atoms with Gasteiger partial charge in [-0.1, -0.05) is 61.0 Å². The number of rotatable bonds is 7. The lowest BCUT2D eigenvalue weighted by atomic mass is 9.88. The smallest absolute Gasteiger partial charge is 0.277 e. The average molecular weight is 476 g/mol. The molecule has 176 valence electrons. The van der Waals surface area contributed by atoms with Crippen molar-refractivity contribution in [1.29, 1.82) is 0 Å². The monoisotopic (exact) mass is 475 g/mol. The summed E-state index contributed by atoms with van der Waals surface area (Å²) in [5.41, 5.74) is 6.66. The number of nitrogens with zero attached hydrogens (tertiary/aromatic N) is 2. The number of ether oxygens (including phenoxy) is 1. The number of allylic oxidation sites excluding steroid dienone is 1. The molecule has 1 aliphatic heterocycles. The van der Waals surface area contributed by atoms with Crippen molar-refractivity contribution < 1.29 is 9.53 Å². The van der Waals surface area contributed by atoms with Crippen LogP contribution in [0.1, 0.15) is 45.2 Å². The maximum atomic E-state index is 12.3. The lowest BCUT2D eigenvalue weighted by molar-refractivity contribution is -0.123. The van der Waals surface area contributed by atoms with Gasteiger partial charge >= 0.3 is 0 Å². The van der Waals surface area contributed by atoms with Gasteiger partial charge in [0.25, 0.3) is 5.91 Å². The first-order valence-corrected chi connectivity index (χ1v) is 11.9. The summed E-state index contributed by atoms with van der Waals surface area (Å²) in [7, 11) is 0. The second-order valence-electron chi connectivity index (χ2n) is 9.08. The molecule has 0 atom stereocenters. The molecule has 3 aromatic carbocycles. The van der Waals surface area contributed by atoms with Crippen LogP contribution in [-0.2, 0) is 4.79 Å². The topological polar surface area (TPSA) is 53.9 Å². The molecule has 4 rings (SSSR count). The van der Waals surface area contributed by atoms with Crippen LogP contribution in [0.5, 0.6) is 5.75 Å². The quantitative estimate of drug-likeness (QED) is 0.316. The number of nitrogens with one attached hydrogen (secondary N) is 1. The molecule has 5 nitrogen and oxygen atoms in total. The van der Waals surface area contributed by atoms with E-state index in [1.54, 1.807) is 6.21 Å². The number of halogens is 1. The minimum atomic E-state index is -0.342. The van der Waals surface area contributed by atoms with E-state index in [4.69, 9.17) is 16.3 Å². The van der Waals surface area contributed by atoms with Gasteiger partial charge in [0.1, 0.15) is 5.75 Å². The molecule has 0 radical (unpaired) electrons. The molecule has 6 heteroatoms. The van der Waals surface area contributed by atoms with E-state index >= 15 is 0 Å². The molecule has 0 unspecified atom stereocenters. The van der Waals surface area contributed by atoms with Gasteiger partial charge in [-0.3, -0.25) is 4.79 Å². The Morgan fingerprint density at radius 1 is 1.18 bits per heavy atom. The molecule has 0 aromatic heterocycles. The van der Waals surface area contributed by atoms with Gasteiger partial charge in [0.15, 0.2) is 6.61 Å². The van der Waals surface area contributed by atoms with Gasteiger partial charge in [0.05, 0.1) is 16.8 Å². The molecule has 1 N–H and O–H groups in total. The second-order valence-corrected chi connectivity index (χ2v) is 9.49. The Morgan fingerprint density at radius 3 is 2.74 bits per heavy atom. The van der Waals surface area contributed by atoms with E-state index in [0.29, 0.717) is 10.8 Å². The summed E-state index contributed by atoms with van der Waals surface area (Å²) in [5.74, 6) is 0.321. The number of hydrazone groups is 1. The summed E-state index contributed by atoms with van der Waals surface area (Å²) in [6.07, 6.45) is 4.91. The second kappa shape index (κ2) is 9.90. The van der Waals surface area contributed by atoms with Crippen LogP contribution in [0.4, 0.5) is 5.69 Å². The van der Waals surface area contributed by atoms with Crippen LogP contribution in [0.3, 0.4) is 0 Å². The van der Waals surface area contributed by atoms with Crippen molar-refractivity contribution >= 4 is 45.8 Å². The molecular formula is C28H30ClN3O2. The maximum absolute atomic E-state index is 12.3. The molecule has 1 amide bonds. The molecule has 1 heterocycles. The van der Waals surface area contributed by atoms with Crippen LogP contribution in [0.25, 0.3) is 16.3 Å². The highest BCUT2D eigenvalue weighted by molar-refractivity contribution is 6.33. The lowest BCUT2D eigenvalue weighted by Gasteiger charge is -2.43. The van der Waals surface area contributed by atoms with E-state index in [1.807, 2.05) is 54.6 Å². The highest BCUT2D eigenvalue weighted by Gasteiger charge is 2.31.